The van der Waals surface area contributed by atoms with Gasteiger partial charge in [0.15, 0.2) is 0 Å². The van der Waals surface area contributed by atoms with Gasteiger partial charge in [0.2, 0.25) is 0 Å². The number of ether oxygens (including phenoxy) is 1. The molecule has 2 heterocycles. The van der Waals surface area contributed by atoms with E-state index in [0.717, 1.165) is 12.5 Å². The molecule has 3 aliphatic rings. The number of hydrogen-bond donors (Lipinski definition) is 1. The van der Waals surface area contributed by atoms with E-state index >= 15 is 0 Å². The molecule has 3 heteroatoms. The van der Waals surface area contributed by atoms with Crippen LogP contribution in [0.15, 0.2) is 0 Å². The van der Waals surface area contributed by atoms with Crippen molar-refractivity contribution in [1.82, 2.24) is 10.2 Å². The van der Waals surface area contributed by atoms with Crippen LogP contribution < -0.4 is 5.32 Å². The minimum atomic E-state index is 0.290. The molecule has 2 saturated heterocycles. The van der Waals surface area contributed by atoms with Gasteiger partial charge in [-0.2, -0.15) is 0 Å². The highest BCUT2D eigenvalue weighted by Gasteiger charge is 2.40. The van der Waals surface area contributed by atoms with E-state index in [-0.39, 0.29) is 0 Å². The molecule has 3 fully saturated rings. The van der Waals surface area contributed by atoms with E-state index in [0.29, 0.717) is 11.7 Å². The van der Waals surface area contributed by atoms with Crippen LogP contribution in [0.1, 0.15) is 57.8 Å². The fraction of sp³-hybridized carbons (Fsp3) is 1.00. The highest BCUT2D eigenvalue weighted by molar-refractivity contribution is 4.92. The van der Waals surface area contributed by atoms with Crippen molar-refractivity contribution in [3.8, 4) is 0 Å². The van der Waals surface area contributed by atoms with Crippen LogP contribution in [0.5, 0.6) is 0 Å². The van der Waals surface area contributed by atoms with E-state index in [2.05, 4.69) is 17.3 Å². The lowest BCUT2D eigenvalue weighted by atomic mass is 9.83. The first-order valence-corrected chi connectivity index (χ1v) is 8.83. The van der Waals surface area contributed by atoms with E-state index < -0.39 is 0 Å². The zero-order valence-electron chi connectivity index (χ0n) is 13.2. The average molecular weight is 280 g/mol. The smallest absolute Gasteiger partial charge is 0.0710 e. The van der Waals surface area contributed by atoms with Crippen LogP contribution in [0, 0.1) is 5.92 Å². The molecule has 1 N–H and O–H groups in total. The van der Waals surface area contributed by atoms with Gasteiger partial charge in [-0.05, 0) is 64.6 Å². The summed E-state index contributed by atoms with van der Waals surface area (Å²) in [5.74, 6) is 0.895. The highest BCUT2D eigenvalue weighted by Crippen LogP contribution is 2.41. The number of piperidine rings is 1. The van der Waals surface area contributed by atoms with E-state index in [1.54, 1.807) is 0 Å². The number of rotatable bonds is 4. The van der Waals surface area contributed by atoms with Crippen molar-refractivity contribution in [1.29, 1.82) is 0 Å². The molecular weight excluding hydrogens is 248 g/mol. The Kier molecular flexibility index (Phi) is 5.00. The van der Waals surface area contributed by atoms with Crippen molar-refractivity contribution in [2.24, 2.45) is 5.92 Å². The molecule has 0 bridgehead atoms. The first-order valence-electron chi connectivity index (χ1n) is 8.83. The van der Waals surface area contributed by atoms with Crippen LogP contribution in [0.4, 0.5) is 0 Å². The van der Waals surface area contributed by atoms with Gasteiger partial charge in [0, 0.05) is 13.1 Å². The summed E-state index contributed by atoms with van der Waals surface area (Å²) in [5, 5.41) is 3.46. The molecule has 0 aromatic heterocycles. The normalized spacial score (nSPS) is 31.2. The Morgan fingerprint density at radius 1 is 1.00 bits per heavy atom. The summed E-state index contributed by atoms with van der Waals surface area (Å²) < 4.78 is 6.50. The quantitative estimate of drug-likeness (QED) is 0.857. The molecule has 1 atom stereocenters. The van der Waals surface area contributed by atoms with Gasteiger partial charge in [-0.3, -0.25) is 0 Å². The van der Waals surface area contributed by atoms with E-state index in [1.807, 2.05) is 0 Å². The maximum Gasteiger partial charge on any atom is 0.0710 e. The predicted molar refractivity (Wildman–Crippen MR) is 83.0 cm³/mol. The van der Waals surface area contributed by atoms with Gasteiger partial charge < -0.3 is 15.0 Å². The largest absolute Gasteiger partial charge is 0.370 e. The molecule has 3 nitrogen and oxygen atoms in total. The molecule has 0 radical (unpaired) electrons. The Morgan fingerprint density at radius 2 is 1.75 bits per heavy atom. The molecule has 3 rings (SSSR count). The summed E-state index contributed by atoms with van der Waals surface area (Å²) in [6.07, 6.45) is 12.6. The maximum atomic E-state index is 6.50. The zero-order valence-corrected chi connectivity index (χ0v) is 13.2. The number of likely N-dealkylation sites (N-methyl/N-ethyl adjacent to an activating group) is 1. The van der Waals surface area contributed by atoms with Crippen molar-refractivity contribution in [3.05, 3.63) is 0 Å². The summed E-state index contributed by atoms with van der Waals surface area (Å²) in [4.78, 5) is 2.53. The summed E-state index contributed by atoms with van der Waals surface area (Å²) in [5.41, 5.74) is 0.290. The molecule has 1 aliphatic carbocycles. The van der Waals surface area contributed by atoms with Gasteiger partial charge in [-0.15, -0.1) is 0 Å². The van der Waals surface area contributed by atoms with E-state index in [1.165, 1.54) is 77.4 Å². The van der Waals surface area contributed by atoms with Crippen molar-refractivity contribution >= 4 is 0 Å². The Morgan fingerprint density at radius 3 is 2.50 bits per heavy atom. The summed E-state index contributed by atoms with van der Waals surface area (Å²) >= 11 is 0. The summed E-state index contributed by atoms with van der Waals surface area (Å²) in [7, 11) is 2.29. The molecule has 1 spiro atoms. The first kappa shape index (κ1) is 14.8. The highest BCUT2D eigenvalue weighted by atomic mass is 16.5. The minimum absolute atomic E-state index is 0.290. The van der Waals surface area contributed by atoms with E-state index in [9.17, 15) is 0 Å². The van der Waals surface area contributed by atoms with Gasteiger partial charge in [0.1, 0.15) is 0 Å². The van der Waals surface area contributed by atoms with Crippen molar-refractivity contribution in [3.63, 3.8) is 0 Å². The first-order chi connectivity index (χ1) is 9.76. The second kappa shape index (κ2) is 6.76. The van der Waals surface area contributed by atoms with Crippen LogP contribution in [0.2, 0.25) is 0 Å². The monoisotopic (exact) mass is 280 g/mol. The third-order valence-electron chi connectivity index (χ3n) is 5.65. The van der Waals surface area contributed by atoms with Gasteiger partial charge in [-0.25, -0.2) is 0 Å². The Balaban J connectivity index is 1.41. The lowest BCUT2D eigenvalue weighted by molar-refractivity contribution is -0.0710. The van der Waals surface area contributed by atoms with E-state index in [4.69, 9.17) is 4.74 Å². The summed E-state index contributed by atoms with van der Waals surface area (Å²) in [6, 6.07) is 0. The lowest BCUT2D eigenvalue weighted by Gasteiger charge is -2.34. The fourth-order valence-corrected chi connectivity index (χ4v) is 4.52. The van der Waals surface area contributed by atoms with Gasteiger partial charge >= 0.3 is 0 Å². The number of nitrogens with one attached hydrogen (secondary N) is 1. The van der Waals surface area contributed by atoms with Crippen LogP contribution in [-0.2, 0) is 4.74 Å². The topological polar surface area (TPSA) is 24.5 Å². The molecule has 1 saturated carbocycles. The molecule has 1 unspecified atom stereocenters. The van der Waals surface area contributed by atoms with Crippen LogP contribution in [0.25, 0.3) is 0 Å². The number of hydrogen-bond acceptors (Lipinski definition) is 3. The number of nitrogens with zero attached hydrogens (tertiary/aromatic N) is 1. The van der Waals surface area contributed by atoms with Crippen molar-refractivity contribution in [2.45, 2.75) is 69.5 Å². The lowest BCUT2D eigenvalue weighted by Crippen LogP contribution is -2.39. The Hall–Kier alpha value is -0.120. The van der Waals surface area contributed by atoms with Crippen molar-refractivity contribution < 1.29 is 4.74 Å². The molecule has 0 aromatic carbocycles. The molecule has 116 valence electrons. The molecule has 2 aliphatic heterocycles. The fourth-order valence-electron chi connectivity index (χ4n) is 4.52. The van der Waals surface area contributed by atoms with Crippen molar-refractivity contribution in [2.75, 3.05) is 33.2 Å². The van der Waals surface area contributed by atoms with Crippen LogP contribution >= 0.6 is 0 Å². The SMILES string of the molecule is CN(CC1CCNCC1)CC1CCC2(CCCCC2)O1. The van der Waals surface area contributed by atoms with Gasteiger partial charge in [0.25, 0.3) is 0 Å². The Bertz CT molecular complexity index is 295. The zero-order chi connectivity index (χ0) is 13.8. The standard InChI is InChI=1S/C17H32N2O/c1-19(13-15-6-11-18-12-7-15)14-16-5-10-17(20-16)8-3-2-4-9-17/h15-16,18H,2-14H2,1H3. The Labute approximate surface area is 124 Å². The molecule has 0 amide bonds. The summed E-state index contributed by atoms with van der Waals surface area (Å²) in [6.45, 7) is 4.82. The third-order valence-corrected chi connectivity index (χ3v) is 5.65. The predicted octanol–water partition coefficient (Wildman–Crippen LogP) is 2.80. The molecular formula is C17H32N2O. The molecule has 0 aromatic rings. The van der Waals surface area contributed by atoms with Gasteiger partial charge in [-0.1, -0.05) is 19.3 Å². The molecule has 20 heavy (non-hydrogen) atoms. The van der Waals surface area contributed by atoms with Gasteiger partial charge in [0.05, 0.1) is 11.7 Å². The third kappa shape index (κ3) is 3.75. The second-order valence-electron chi connectivity index (χ2n) is 7.44. The van der Waals surface area contributed by atoms with Crippen LogP contribution in [-0.4, -0.2) is 49.8 Å². The average Bonchev–Trinajstić information content (AvgIpc) is 2.83. The second-order valence-corrected chi connectivity index (χ2v) is 7.44. The maximum absolute atomic E-state index is 6.50. The van der Waals surface area contributed by atoms with Crippen LogP contribution in [0.3, 0.4) is 0 Å². The minimum Gasteiger partial charge on any atom is -0.370 e.